The van der Waals surface area contributed by atoms with Gasteiger partial charge in [-0.15, -0.1) is 0 Å². The number of carbonyl (C=O) groups excluding carboxylic acids is 1. The number of amides is 1. The zero-order chi connectivity index (χ0) is 13.1. The molecule has 8 heteroatoms. The Morgan fingerprint density at radius 2 is 2.06 bits per heavy atom. The minimum absolute atomic E-state index is 0.00774. The molecule has 8 nitrogen and oxygen atoms in total. The van der Waals surface area contributed by atoms with Gasteiger partial charge in [-0.1, -0.05) is 0 Å². The summed E-state index contributed by atoms with van der Waals surface area (Å²) in [5.41, 5.74) is 5.63. The van der Waals surface area contributed by atoms with Gasteiger partial charge in [-0.3, -0.25) is 20.0 Å². The smallest absolute Gasteiger partial charge is 0.269 e. The number of nitrogens with two attached hydrogens (primary N) is 1. The number of aromatic amines is 1. The Bertz CT molecular complexity index is 590. The number of H-pyrrole nitrogens is 1. The maximum absolute atomic E-state index is 10.7. The van der Waals surface area contributed by atoms with Crippen molar-refractivity contribution >= 4 is 11.6 Å². The summed E-state index contributed by atoms with van der Waals surface area (Å²) in [6.07, 6.45) is -0.0278. The third kappa shape index (κ3) is 2.48. The van der Waals surface area contributed by atoms with E-state index >= 15 is 0 Å². The standard InChI is InChI=1S/C10H9N5O3/c11-8(16)5-9-12-10(14-13-9)6-1-3-7(4-2-6)15(17)18/h1-4H,5H2,(H2,11,16)(H,12,13,14). The van der Waals surface area contributed by atoms with Gasteiger partial charge >= 0.3 is 0 Å². The lowest BCUT2D eigenvalue weighted by atomic mass is 10.2. The van der Waals surface area contributed by atoms with Crippen LogP contribution in [0.3, 0.4) is 0 Å². The highest BCUT2D eigenvalue weighted by Crippen LogP contribution is 2.19. The number of benzene rings is 1. The van der Waals surface area contributed by atoms with Gasteiger partial charge in [-0.2, -0.15) is 5.10 Å². The van der Waals surface area contributed by atoms with Crippen molar-refractivity contribution in [3.8, 4) is 11.4 Å². The molecule has 0 radical (unpaired) electrons. The quantitative estimate of drug-likeness (QED) is 0.597. The summed E-state index contributed by atoms with van der Waals surface area (Å²) in [6.45, 7) is 0. The van der Waals surface area contributed by atoms with Crippen molar-refractivity contribution in [2.75, 3.05) is 0 Å². The molecule has 0 bridgehead atoms. The average molecular weight is 247 g/mol. The normalized spacial score (nSPS) is 10.2. The highest BCUT2D eigenvalue weighted by molar-refractivity contribution is 5.75. The summed E-state index contributed by atoms with van der Waals surface area (Å²) in [4.78, 5) is 24.8. The molecule has 2 rings (SSSR count). The zero-order valence-corrected chi connectivity index (χ0v) is 9.16. The average Bonchev–Trinajstić information content (AvgIpc) is 2.76. The van der Waals surface area contributed by atoms with E-state index in [0.717, 1.165) is 0 Å². The minimum Gasteiger partial charge on any atom is -0.369 e. The third-order valence-electron chi connectivity index (χ3n) is 2.21. The van der Waals surface area contributed by atoms with Crippen LogP contribution in [0.4, 0.5) is 5.69 Å². The molecular weight excluding hydrogens is 238 g/mol. The Kier molecular flexibility index (Phi) is 3.00. The van der Waals surface area contributed by atoms with Crippen molar-refractivity contribution < 1.29 is 9.72 Å². The Balaban J connectivity index is 2.23. The second-order valence-corrected chi connectivity index (χ2v) is 3.55. The second-order valence-electron chi connectivity index (χ2n) is 3.55. The first kappa shape index (κ1) is 11.7. The fourth-order valence-corrected chi connectivity index (χ4v) is 1.40. The van der Waals surface area contributed by atoms with Gasteiger partial charge in [0.1, 0.15) is 5.82 Å². The van der Waals surface area contributed by atoms with E-state index in [2.05, 4.69) is 15.2 Å². The van der Waals surface area contributed by atoms with Gasteiger partial charge < -0.3 is 5.73 Å². The van der Waals surface area contributed by atoms with Gasteiger partial charge in [0, 0.05) is 17.7 Å². The molecule has 0 aliphatic carbocycles. The van der Waals surface area contributed by atoms with Crippen LogP contribution in [0, 0.1) is 10.1 Å². The molecule has 1 aromatic heterocycles. The van der Waals surface area contributed by atoms with Gasteiger partial charge in [0.15, 0.2) is 5.82 Å². The first-order valence-electron chi connectivity index (χ1n) is 5.00. The van der Waals surface area contributed by atoms with E-state index in [0.29, 0.717) is 17.2 Å². The summed E-state index contributed by atoms with van der Waals surface area (Å²) >= 11 is 0. The van der Waals surface area contributed by atoms with Crippen molar-refractivity contribution in [1.82, 2.24) is 15.2 Å². The predicted molar refractivity (Wildman–Crippen MR) is 61.4 cm³/mol. The van der Waals surface area contributed by atoms with E-state index in [9.17, 15) is 14.9 Å². The number of hydrogen-bond acceptors (Lipinski definition) is 5. The predicted octanol–water partition coefficient (Wildman–Crippen LogP) is 0.408. The molecule has 1 aromatic carbocycles. The van der Waals surface area contributed by atoms with Crippen LogP contribution in [-0.2, 0) is 11.2 Å². The summed E-state index contributed by atoms with van der Waals surface area (Å²) in [6, 6.07) is 5.80. The molecule has 2 aromatic rings. The summed E-state index contributed by atoms with van der Waals surface area (Å²) in [5.74, 6) is 0.207. The topological polar surface area (TPSA) is 128 Å². The van der Waals surface area contributed by atoms with E-state index in [1.165, 1.54) is 24.3 Å². The van der Waals surface area contributed by atoms with Gasteiger partial charge in [-0.25, -0.2) is 4.98 Å². The van der Waals surface area contributed by atoms with Gasteiger partial charge in [0.25, 0.3) is 5.69 Å². The Morgan fingerprint density at radius 3 is 2.61 bits per heavy atom. The molecule has 1 heterocycles. The Morgan fingerprint density at radius 1 is 1.39 bits per heavy atom. The van der Waals surface area contributed by atoms with Gasteiger partial charge in [0.05, 0.1) is 11.3 Å². The molecule has 3 N–H and O–H groups in total. The molecule has 0 unspecified atom stereocenters. The minimum atomic E-state index is -0.513. The fraction of sp³-hybridized carbons (Fsp3) is 0.100. The van der Waals surface area contributed by atoms with Crippen LogP contribution in [0.15, 0.2) is 24.3 Å². The number of nitrogens with one attached hydrogen (secondary N) is 1. The maximum atomic E-state index is 10.7. The largest absolute Gasteiger partial charge is 0.369 e. The van der Waals surface area contributed by atoms with Crippen LogP contribution >= 0.6 is 0 Å². The monoisotopic (exact) mass is 247 g/mol. The highest BCUT2D eigenvalue weighted by Gasteiger charge is 2.10. The van der Waals surface area contributed by atoms with Gasteiger partial charge in [-0.05, 0) is 12.1 Å². The number of carbonyl (C=O) groups is 1. The Labute approximate surface area is 101 Å². The van der Waals surface area contributed by atoms with E-state index < -0.39 is 10.8 Å². The second kappa shape index (κ2) is 4.62. The molecule has 1 amide bonds. The van der Waals surface area contributed by atoms with Crippen molar-refractivity contribution in [2.24, 2.45) is 5.73 Å². The van der Waals surface area contributed by atoms with Crippen molar-refractivity contribution in [3.63, 3.8) is 0 Å². The maximum Gasteiger partial charge on any atom is 0.269 e. The number of aromatic nitrogens is 3. The lowest BCUT2D eigenvalue weighted by molar-refractivity contribution is -0.384. The zero-order valence-electron chi connectivity index (χ0n) is 9.16. The molecule has 0 fully saturated rings. The lowest BCUT2D eigenvalue weighted by Crippen LogP contribution is -2.14. The number of nitro benzene ring substituents is 1. The number of non-ortho nitro benzene ring substituents is 1. The van der Waals surface area contributed by atoms with Crippen LogP contribution in [0.1, 0.15) is 5.82 Å². The van der Waals surface area contributed by atoms with E-state index in [-0.39, 0.29) is 12.1 Å². The van der Waals surface area contributed by atoms with Crippen molar-refractivity contribution in [1.29, 1.82) is 0 Å². The van der Waals surface area contributed by atoms with Crippen LogP contribution in [0.2, 0.25) is 0 Å². The van der Waals surface area contributed by atoms with Gasteiger partial charge in [0.2, 0.25) is 5.91 Å². The lowest BCUT2D eigenvalue weighted by Gasteiger charge is -1.94. The molecule has 92 valence electrons. The first-order chi connectivity index (χ1) is 8.56. The number of nitro groups is 1. The van der Waals surface area contributed by atoms with E-state index in [1.807, 2.05) is 0 Å². The summed E-state index contributed by atoms with van der Waals surface area (Å²) in [5, 5.41) is 17.0. The number of nitrogens with zero attached hydrogens (tertiary/aromatic N) is 3. The highest BCUT2D eigenvalue weighted by atomic mass is 16.6. The van der Waals surface area contributed by atoms with Crippen LogP contribution in [0.5, 0.6) is 0 Å². The Hall–Kier alpha value is -2.77. The van der Waals surface area contributed by atoms with E-state index in [4.69, 9.17) is 5.73 Å². The molecule has 0 saturated heterocycles. The van der Waals surface area contributed by atoms with Crippen LogP contribution in [0.25, 0.3) is 11.4 Å². The first-order valence-corrected chi connectivity index (χ1v) is 5.00. The summed E-state index contributed by atoms with van der Waals surface area (Å²) < 4.78 is 0. The molecule has 0 aliphatic rings. The van der Waals surface area contributed by atoms with Crippen LogP contribution in [-0.4, -0.2) is 26.0 Å². The molecule has 0 atom stereocenters. The molecule has 0 aliphatic heterocycles. The summed E-state index contributed by atoms with van der Waals surface area (Å²) in [7, 11) is 0. The van der Waals surface area contributed by atoms with Crippen molar-refractivity contribution in [3.05, 3.63) is 40.2 Å². The fourth-order valence-electron chi connectivity index (χ4n) is 1.40. The third-order valence-corrected chi connectivity index (χ3v) is 2.21. The molecule has 18 heavy (non-hydrogen) atoms. The SMILES string of the molecule is NC(=O)Cc1nc(-c2ccc([N+](=O)[O-])cc2)n[nH]1. The van der Waals surface area contributed by atoms with Crippen LogP contribution < -0.4 is 5.73 Å². The van der Waals surface area contributed by atoms with E-state index in [1.54, 1.807) is 0 Å². The molecular formula is C10H9N5O3. The number of primary amides is 1. The molecule has 0 spiro atoms. The number of hydrogen-bond donors (Lipinski definition) is 2. The molecule has 0 saturated carbocycles. The van der Waals surface area contributed by atoms with Crippen molar-refractivity contribution in [2.45, 2.75) is 6.42 Å². The number of rotatable bonds is 4.